The van der Waals surface area contributed by atoms with Crippen LogP contribution in [0.25, 0.3) is 0 Å². The Hall–Kier alpha value is -0.790. The molecule has 0 N–H and O–H groups in total. The van der Waals surface area contributed by atoms with Crippen molar-refractivity contribution >= 4 is 5.97 Å². The maximum absolute atomic E-state index is 10.5. The fourth-order valence-electron chi connectivity index (χ4n) is 1.69. The molecule has 2 unspecified atom stereocenters. The summed E-state index contributed by atoms with van der Waals surface area (Å²) in [6.07, 6.45) is 3.84. The molecule has 0 spiro atoms. The fraction of sp³-hybridized carbons (Fsp3) is 0.667. The molecule has 0 radical (unpaired) electrons. The van der Waals surface area contributed by atoms with Gasteiger partial charge in [0.25, 0.3) is 0 Å². The van der Waals surface area contributed by atoms with Gasteiger partial charge in [-0.15, -0.1) is 0 Å². The summed E-state index contributed by atoms with van der Waals surface area (Å²) >= 11 is 0. The maximum Gasteiger partial charge on any atom is 0.0456 e. The SMILES string of the molecule is C/C=C/C1C(C(=O)[O-])C1(C)C. The average molecular weight is 153 g/mol. The van der Waals surface area contributed by atoms with Crippen LogP contribution in [0.15, 0.2) is 12.2 Å². The Morgan fingerprint density at radius 1 is 1.55 bits per heavy atom. The standard InChI is InChI=1S/C9H14O2/c1-4-5-6-7(8(10)11)9(6,2)3/h4-7H,1-3H3,(H,10,11)/p-1/b5-4+. The molecule has 11 heavy (non-hydrogen) atoms. The summed E-state index contributed by atoms with van der Waals surface area (Å²) in [7, 11) is 0. The molecule has 1 rings (SSSR count). The zero-order valence-electron chi connectivity index (χ0n) is 7.13. The lowest BCUT2D eigenvalue weighted by Crippen LogP contribution is -2.26. The number of aliphatic carboxylic acids is 1. The Morgan fingerprint density at radius 2 is 2.09 bits per heavy atom. The van der Waals surface area contributed by atoms with Crippen molar-refractivity contribution in [2.45, 2.75) is 20.8 Å². The lowest BCUT2D eigenvalue weighted by molar-refractivity contribution is -0.308. The van der Waals surface area contributed by atoms with Crippen LogP contribution in [-0.2, 0) is 4.79 Å². The second-order valence-electron chi connectivity index (χ2n) is 3.67. The first-order valence-corrected chi connectivity index (χ1v) is 3.85. The summed E-state index contributed by atoms with van der Waals surface area (Å²) in [6, 6.07) is 0. The molecule has 1 fully saturated rings. The molecular weight excluding hydrogens is 140 g/mol. The molecule has 0 amide bonds. The molecule has 0 aromatic rings. The predicted octanol–water partition coefficient (Wildman–Crippen LogP) is 0.585. The Bertz CT molecular complexity index is 204. The van der Waals surface area contributed by atoms with E-state index in [1.54, 1.807) is 0 Å². The van der Waals surface area contributed by atoms with Crippen molar-refractivity contribution in [3.05, 3.63) is 12.2 Å². The van der Waals surface area contributed by atoms with E-state index in [0.717, 1.165) is 0 Å². The van der Waals surface area contributed by atoms with E-state index >= 15 is 0 Å². The number of rotatable bonds is 2. The van der Waals surface area contributed by atoms with Crippen molar-refractivity contribution in [3.8, 4) is 0 Å². The van der Waals surface area contributed by atoms with Crippen LogP contribution in [0.1, 0.15) is 20.8 Å². The highest BCUT2D eigenvalue weighted by atomic mass is 16.4. The van der Waals surface area contributed by atoms with Gasteiger partial charge in [-0.05, 0) is 18.3 Å². The van der Waals surface area contributed by atoms with Crippen molar-refractivity contribution in [1.29, 1.82) is 0 Å². The van der Waals surface area contributed by atoms with Crippen molar-refractivity contribution in [1.82, 2.24) is 0 Å². The van der Waals surface area contributed by atoms with E-state index < -0.39 is 5.97 Å². The molecule has 1 aliphatic carbocycles. The first-order chi connectivity index (χ1) is 5.01. The highest BCUT2D eigenvalue weighted by molar-refractivity contribution is 5.74. The molecule has 2 heteroatoms. The van der Waals surface area contributed by atoms with Crippen molar-refractivity contribution in [2.75, 3.05) is 0 Å². The van der Waals surface area contributed by atoms with E-state index in [4.69, 9.17) is 0 Å². The molecule has 62 valence electrons. The zero-order chi connectivity index (χ0) is 8.65. The molecule has 0 heterocycles. The number of allylic oxidation sites excluding steroid dienone is 2. The van der Waals surface area contributed by atoms with E-state index in [0.29, 0.717) is 0 Å². The molecule has 0 saturated heterocycles. The van der Waals surface area contributed by atoms with Crippen LogP contribution in [0.2, 0.25) is 0 Å². The number of carboxylic acids is 1. The van der Waals surface area contributed by atoms with Crippen molar-refractivity contribution in [2.24, 2.45) is 17.3 Å². The summed E-state index contributed by atoms with van der Waals surface area (Å²) in [5.41, 5.74) is -0.0919. The molecule has 2 nitrogen and oxygen atoms in total. The lowest BCUT2D eigenvalue weighted by Gasteiger charge is -2.01. The Balaban J connectivity index is 2.68. The summed E-state index contributed by atoms with van der Waals surface area (Å²) < 4.78 is 0. The quantitative estimate of drug-likeness (QED) is 0.544. The Kier molecular flexibility index (Phi) is 1.78. The van der Waals surface area contributed by atoms with Gasteiger partial charge in [0.1, 0.15) is 0 Å². The van der Waals surface area contributed by atoms with Crippen molar-refractivity contribution < 1.29 is 9.90 Å². The third-order valence-electron chi connectivity index (χ3n) is 2.56. The summed E-state index contributed by atoms with van der Waals surface area (Å²) in [5.74, 6) is -1.02. The minimum absolute atomic E-state index is 0.0919. The van der Waals surface area contributed by atoms with Gasteiger partial charge < -0.3 is 9.90 Å². The van der Waals surface area contributed by atoms with Gasteiger partial charge in [0, 0.05) is 11.9 Å². The zero-order valence-corrected chi connectivity index (χ0v) is 7.13. The number of hydrogen-bond acceptors (Lipinski definition) is 2. The van der Waals surface area contributed by atoms with Crippen LogP contribution < -0.4 is 5.11 Å². The second-order valence-corrected chi connectivity index (χ2v) is 3.67. The van der Waals surface area contributed by atoms with E-state index in [1.807, 2.05) is 32.9 Å². The highest BCUT2D eigenvalue weighted by Gasteiger charge is 2.56. The van der Waals surface area contributed by atoms with Gasteiger partial charge in [0.2, 0.25) is 0 Å². The van der Waals surface area contributed by atoms with Crippen LogP contribution in [-0.4, -0.2) is 5.97 Å². The van der Waals surface area contributed by atoms with Gasteiger partial charge in [0.15, 0.2) is 0 Å². The summed E-state index contributed by atoms with van der Waals surface area (Å²) in [6.45, 7) is 5.82. The third kappa shape index (κ3) is 1.17. The maximum atomic E-state index is 10.5. The number of carbonyl (C=O) groups is 1. The minimum Gasteiger partial charge on any atom is -0.550 e. The molecule has 1 aliphatic rings. The molecule has 2 atom stereocenters. The van der Waals surface area contributed by atoms with Gasteiger partial charge in [0.05, 0.1) is 0 Å². The first kappa shape index (κ1) is 8.31. The van der Waals surface area contributed by atoms with Gasteiger partial charge in [-0.3, -0.25) is 0 Å². The van der Waals surface area contributed by atoms with E-state index in [2.05, 4.69) is 0 Å². The topological polar surface area (TPSA) is 40.1 Å². The van der Waals surface area contributed by atoms with Crippen LogP contribution in [0, 0.1) is 17.3 Å². The summed E-state index contributed by atoms with van der Waals surface area (Å²) in [4.78, 5) is 10.5. The first-order valence-electron chi connectivity index (χ1n) is 3.85. The van der Waals surface area contributed by atoms with E-state index in [1.165, 1.54) is 0 Å². The van der Waals surface area contributed by atoms with E-state index in [9.17, 15) is 9.90 Å². The highest BCUT2D eigenvalue weighted by Crippen LogP contribution is 2.58. The minimum atomic E-state index is -0.918. The number of carbonyl (C=O) groups excluding carboxylic acids is 1. The van der Waals surface area contributed by atoms with Crippen LogP contribution >= 0.6 is 0 Å². The number of carboxylic acid groups (broad SMARTS) is 1. The van der Waals surface area contributed by atoms with Gasteiger partial charge in [-0.1, -0.05) is 26.0 Å². The van der Waals surface area contributed by atoms with Crippen molar-refractivity contribution in [3.63, 3.8) is 0 Å². The average Bonchev–Trinajstić information content (AvgIpc) is 2.35. The molecule has 1 saturated carbocycles. The predicted molar refractivity (Wildman–Crippen MR) is 40.6 cm³/mol. The second kappa shape index (κ2) is 2.36. The van der Waals surface area contributed by atoms with Gasteiger partial charge in [-0.25, -0.2) is 0 Å². The van der Waals surface area contributed by atoms with Gasteiger partial charge >= 0.3 is 0 Å². The van der Waals surface area contributed by atoms with Crippen LogP contribution in [0.3, 0.4) is 0 Å². The Labute approximate surface area is 66.9 Å². The fourth-order valence-corrected chi connectivity index (χ4v) is 1.69. The molecular formula is C9H13O2-. The molecule has 0 aromatic carbocycles. The monoisotopic (exact) mass is 153 g/mol. The van der Waals surface area contributed by atoms with E-state index in [-0.39, 0.29) is 17.3 Å². The lowest BCUT2D eigenvalue weighted by atomic mass is 10.1. The molecule has 0 aliphatic heterocycles. The molecule has 0 bridgehead atoms. The Morgan fingerprint density at radius 3 is 2.36 bits per heavy atom. The summed E-state index contributed by atoms with van der Waals surface area (Å²) in [5, 5.41) is 10.5. The molecule has 0 aromatic heterocycles. The smallest absolute Gasteiger partial charge is 0.0456 e. The van der Waals surface area contributed by atoms with Gasteiger partial charge in [-0.2, -0.15) is 0 Å². The largest absolute Gasteiger partial charge is 0.550 e. The van der Waals surface area contributed by atoms with Crippen LogP contribution in [0.5, 0.6) is 0 Å². The number of hydrogen-bond donors (Lipinski definition) is 0. The van der Waals surface area contributed by atoms with Crippen LogP contribution in [0.4, 0.5) is 0 Å². The normalized spacial score (nSPS) is 34.1. The third-order valence-corrected chi connectivity index (χ3v) is 2.56.